The van der Waals surface area contributed by atoms with E-state index in [0.29, 0.717) is 31.8 Å². The summed E-state index contributed by atoms with van der Waals surface area (Å²) in [5.41, 5.74) is 3.79. The number of carbonyl (C=O) groups excluding carboxylic acids is 1. The first kappa shape index (κ1) is 20.0. The van der Waals surface area contributed by atoms with Crippen LogP contribution in [0.25, 0.3) is 10.4 Å². The van der Waals surface area contributed by atoms with Gasteiger partial charge in [-0.3, -0.25) is 4.79 Å². The lowest BCUT2D eigenvalue weighted by molar-refractivity contribution is 0.0952. The van der Waals surface area contributed by atoms with Crippen molar-refractivity contribution in [2.75, 3.05) is 0 Å². The van der Waals surface area contributed by atoms with Gasteiger partial charge in [-0.15, -0.1) is 11.3 Å². The molecule has 0 aliphatic heterocycles. The molecule has 0 saturated carbocycles. The molecule has 0 radical (unpaired) electrons. The molecule has 3 rings (SSSR count). The van der Waals surface area contributed by atoms with Gasteiger partial charge in [0.15, 0.2) is 0 Å². The highest BCUT2D eigenvalue weighted by Gasteiger charge is 2.16. The van der Waals surface area contributed by atoms with E-state index in [1.165, 1.54) is 23.5 Å². The summed E-state index contributed by atoms with van der Waals surface area (Å²) in [4.78, 5) is 12.7. The molecule has 0 spiro atoms. The molecule has 0 fully saturated rings. The van der Waals surface area contributed by atoms with E-state index in [0.717, 1.165) is 6.07 Å². The number of carbonyl (C=O) groups is 1. The average molecular weight is 437 g/mol. The van der Waals surface area contributed by atoms with Crippen LogP contribution in [0.2, 0.25) is 10.0 Å². The van der Waals surface area contributed by atoms with E-state index >= 15 is 0 Å². The Kier molecular flexibility index (Phi) is 5.79. The second-order valence-corrected chi connectivity index (χ2v) is 7.49. The van der Waals surface area contributed by atoms with Gasteiger partial charge in [-0.1, -0.05) is 29.3 Å². The number of phenolic OH excluding ortho intramolecular Hbond substituents is 2. The van der Waals surface area contributed by atoms with Crippen LogP contribution in [-0.4, -0.2) is 26.9 Å². The molecule has 0 unspecified atom stereocenters. The number of hydrogen-bond donors (Lipinski definition) is 4. The SMILES string of the molecule is C/C(=N\NC(=O)c1ccc(O)cc1O)c1csc(-c2ccc(Cl)c(Cl)c2)c1O. The maximum absolute atomic E-state index is 12.1. The summed E-state index contributed by atoms with van der Waals surface area (Å²) in [6, 6.07) is 8.64. The molecule has 0 atom stereocenters. The quantitative estimate of drug-likeness (QED) is 0.341. The minimum absolute atomic E-state index is 0.00590. The van der Waals surface area contributed by atoms with Gasteiger partial charge in [0.25, 0.3) is 5.91 Å². The number of hydrazone groups is 1. The fourth-order valence-corrected chi connectivity index (χ4v) is 3.72. The Morgan fingerprint density at radius 2 is 1.79 bits per heavy atom. The van der Waals surface area contributed by atoms with Crippen molar-refractivity contribution in [1.82, 2.24) is 5.43 Å². The van der Waals surface area contributed by atoms with Crippen LogP contribution in [0.15, 0.2) is 46.9 Å². The number of thiophene rings is 1. The summed E-state index contributed by atoms with van der Waals surface area (Å²) < 4.78 is 0. The number of halogens is 2. The number of rotatable bonds is 4. The van der Waals surface area contributed by atoms with Gasteiger partial charge in [-0.05, 0) is 36.8 Å². The highest BCUT2D eigenvalue weighted by molar-refractivity contribution is 7.14. The lowest BCUT2D eigenvalue weighted by atomic mass is 10.1. The fourth-order valence-electron chi connectivity index (χ4n) is 2.42. The number of phenols is 2. The summed E-state index contributed by atoms with van der Waals surface area (Å²) in [7, 11) is 0. The topological polar surface area (TPSA) is 102 Å². The molecule has 1 heterocycles. The number of benzene rings is 2. The molecule has 28 heavy (non-hydrogen) atoms. The zero-order valence-corrected chi connectivity index (χ0v) is 16.7. The fraction of sp³-hybridized carbons (Fsp3) is 0.0526. The van der Waals surface area contributed by atoms with Gasteiger partial charge in [0.05, 0.1) is 31.8 Å². The molecule has 0 saturated heterocycles. The molecule has 0 bridgehead atoms. The maximum atomic E-state index is 12.1. The Bertz CT molecular complexity index is 1100. The first-order valence-corrected chi connectivity index (χ1v) is 9.54. The van der Waals surface area contributed by atoms with Crippen molar-refractivity contribution >= 4 is 46.2 Å². The van der Waals surface area contributed by atoms with Gasteiger partial charge in [-0.25, -0.2) is 5.43 Å². The summed E-state index contributed by atoms with van der Waals surface area (Å²) in [6.07, 6.45) is 0. The third-order valence-electron chi connectivity index (χ3n) is 3.89. The van der Waals surface area contributed by atoms with Gasteiger partial charge >= 0.3 is 0 Å². The molecule has 2 aromatic carbocycles. The average Bonchev–Trinajstić information content (AvgIpc) is 3.03. The minimum atomic E-state index is -0.656. The van der Waals surface area contributed by atoms with E-state index in [1.807, 2.05) is 0 Å². The Hall–Kier alpha value is -2.74. The Labute approximate surface area is 174 Å². The standard InChI is InChI=1S/C19H14Cl2N2O4S/c1-9(22-23-19(27)12-4-3-11(24)7-16(12)25)13-8-28-18(17(13)26)10-2-5-14(20)15(21)6-10/h2-8,24-26H,1H3,(H,23,27)/b22-9+. The molecule has 1 amide bonds. The first-order valence-electron chi connectivity index (χ1n) is 7.90. The largest absolute Gasteiger partial charge is 0.508 e. The number of amides is 1. The van der Waals surface area contributed by atoms with Crippen molar-refractivity contribution in [1.29, 1.82) is 0 Å². The Balaban J connectivity index is 1.82. The third kappa shape index (κ3) is 4.06. The van der Waals surface area contributed by atoms with E-state index in [2.05, 4.69) is 10.5 Å². The second kappa shape index (κ2) is 8.10. The van der Waals surface area contributed by atoms with Crippen LogP contribution >= 0.6 is 34.5 Å². The molecule has 9 heteroatoms. The van der Waals surface area contributed by atoms with Crippen molar-refractivity contribution in [3.63, 3.8) is 0 Å². The molecule has 0 aliphatic rings. The number of nitrogens with zero attached hydrogens (tertiary/aromatic N) is 1. The van der Waals surface area contributed by atoms with Gasteiger partial charge in [0.1, 0.15) is 17.2 Å². The van der Waals surface area contributed by atoms with Crippen LogP contribution in [0.3, 0.4) is 0 Å². The monoisotopic (exact) mass is 436 g/mol. The van der Waals surface area contributed by atoms with Crippen LogP contribution in [0.5, 0.6) is 17.2 Å². The predicted octanol–water partition coefficient (Wildman–Crippen LogP) is 4.99. The summed E-state index contributed by atoms with van der Waals surface area (Å²) >= 11 is 13.3. The van der Waals surface area contributed by atoms with Crippen molar-refractivity contribution < 1.29 is 20.1 Å². The van der Waals surface area contributed by atoms with E-state index < -0.39 is 5.91 Å². The van der Waals surface area contributed by atoms with Gasteiger partial charge in [0, 0.05) is 11.4 Å². The smallest absolute Gasteiger partial charge is 0.275 e. The van der Waals surface area contributed by atoms with Crippen LogP contribution in [0.1, 0.15) is 22.8 Å². The minimum Gasteiger partial charge on any atom is -0.508 e. The number of nitrogens with one attached hydrogen (secondary N) is 1. The van der Waals surface area contributed by atoms with Crippen molar-refractivity contribution in [2.24, 2.45) is 5.10 Å². The van der Waals surface area contributed by atoms with Crippen LogP contribution in [0.4, 0.5) is 0 Å². The molecule has 6 nitrogen and oxygen atoms in total. The molecule has 144 valence electrons. The van der Waals surface area contributed by atoms with E-state index in [1.54, 1.807) is 30.5 Å². The normalized spacial score (nSPS) is 11.5. The highest BCUT2D eigenvalue weighted by atomic mass is 35.5. The van der Waals surface area contributed by atoms with Gasteiger partial charge in [0.2, 0.25) is 0 Å². The van der Waals surface area contributed by atoms with Crippen LogP contribution in [-0.2, 0) is 0 Å². The highest BCUT2D eigenvalue weighted by Crippen LogP contribution is 2.40. The Morgan fingerprint density at radius 1 is 1.04 bits per heavy atom. The van der Waals surface area contributed by atoms with Crippen molar-refractivity contribution in [3.05, 3.63) is 63.0 Å². The van der Waals surface area contributed by atoms with Crippen LogP contribution < -0.4 is 5.43 Å². The molecule has 3 aromatic rings. The zero-order valence-electron chi connectivity index (χ0n) is 14.4. The first-order chi connectivity index (χ1) is 13.3. The Morgan fingerprint density at radius 3 is 2.46 bits per heavy atom. The van der Waals surface area contributed by atoms with Gasteiger partial charge in [-0.2, -0.15) is 5.10 Å². The molecule has 4 N–H and O–H groups in total. The molecular formula is C19H14Cl2N2O4S. The van der Waals surface area contributed by atoms with Gasteiger partial charge < -0.3 is 15.3 Å². The number of aromatic hydroxyl groups is 3. The van der Waals surface area contributed by atoms with Crippen LogP contribution in [0, 0.1) is 0 Å². The summed E-state index contributed by atoms with van der Waals surface area (Å²) in [6.45, 7) is 1.62. The van der Waals surface area contributed by atoms with E-state index in [-0.39, 0.29) is 22.8 Å². The number of hydrogen-bond acceptors (Lipinski definition) is 6. The maximum Gasteiger partial charge on any atom is 0.275 e. The lowest BCUT2D eigenvalue weighted by Crippen LogP contribution is -2.19. The van der Waals surface area contributed by atoms with E-state index in [4.69, 9.17) is 23.2 Å². The second-order valence-electron chi connectivity index (χ2n) is 5.80. The van der Waals surface area contributed by atoms with Crippen molar-refractivity contribution in [2.45, 2.75) is 6.92 Å². The summed E-state index contributed by atoms with van der Waals surface area (Å²) in [5.74, 6) is -1.18. The zero-order chi connectivity index (χ0) is 20.4. The molecule has 0 aliphatic carbocycles. The summed E-state index contributed by atoms with van der Waals surface area (Å²) in [5, 5.41) is 36.0. The molecule has 1 aromatic heterocycles. The third-order valence-corrected chi connectivity index (χ3v) is 5.64. The predicted molar refractivity (Wildman–Crippen MR) is 111 cm³/mol. The van der Waals surface area contributed by atoms with Crippen molar-refractivity contribution in [3.8, 4) is 27.7 Å². The molecular weight excluding hydrogens is 423 g/mol. The van der Waals surface area contributed by atoms with E-state index in [9.17, 15) is 20.1 Å². The lowest BCUT2D eigenvalue weighted by Gasteiger charge is -2.05.